The van der Waals surface area contributed by atoms with E-state index in [1.165, 1.54) is 0 Å². The van der Waals surface area contributed by atoms with Crippen LogP contribution in [0.15, 0.2) is 59.5 Å². The molecule has 0 bridgehead atoms. The molecule has 2 aromatic carbocycles. The normalized spacial score (nSPS) is 18.4. The zero-order chi connectivity index (χ0) is 17.2. The minimum absolute atomic E-state index is 0.187. The number of hydrogen-bond donors (Lipinski definition) is 2. The Bertz CT molecular complexity index is 834. The largest absolute Gasteiger partial charge is 0.352 e. The molecule has 0 radical (unpaired) electrons. The number of aryl methyl sites for hydroxylation is 1. The molecule has 0 heterocycles. The molecule has 2 unspecified atom stereocenters. The van der Waals surface area contributed by atoms with Gasteiger partial charge >= 0.3 is 6.03 Å². The van der Waals surface area contributed by atoms with Crippen molar-refractivity contribution < 1.29 is 13.2 Å². The second-order valence-corrected chi connectivity index (χ2v) is 8.05. The Labute approximate surface area is 141 Å². The first-order valence-corrected chi connectivity index (χ1v) is 9.47. The van der Waals surface area contributed by atoms with Crippen molar-refractivity contribution in [2.45, 2.75) is 35.4 Å². The van der Waals surface area contributed by atoms with Crippen LogP contribution >= 0.6 is 0 Å². The van der Waals surface area contributed by atoms with Gasteiger partial charge < -0.3 is 11.1 Å². The molecule has 5 nitrogen and oxygen atoms in total. The molecular weight excluding hydrogens is 324 g/mol. The highest BCUT2D eigenvalue weighted by atomic mass is 32.2. The fourth-order valence-corrected chi connectivity index (χ4v) is 5.21. The summed E-state index contributed by atoms with van der Waals surface area (Å²) in [5, 5.41) is 1.41. The highest BCUT2D eigenvalue weighted by Gasteiger charge is 2.38. The third-order valence-corrected chi connectivity index (χ3v) is 6.52. The number of benzene rings is 2. The first-order chi connectivity index (χ1) is 11.5. The summed E-state index contributed by atoms with van der Waals surface area (Å²) in [6, 6.07) is 15.1. The number of amides is 2. The molecule has 1 aliphatic rings. The molecule has 0 saturated carbocycles. The molecule has 0 fully saturated rings. The van der Waals surface area contributed by atoms with Crippen molar-refractivity contribution in [1.29, 1.82) is 0 Å². The monoisotopic (exact) mass is 344 g/mol. The number of rotatable bonds is 4. The Hall–Kier alpha value is -2.34. The SMILES string of the molecule is NC(=O)NC(C1CCCc2ccccc21)S(=O)(=O)c1ccccc1. The number of primary amides is 1. The summed E-state index contributed by atoms with van der Waals surface area (Å²) in [4.78, 5) is 11.7. The van der Waals surface area contributed by atoms with Crippen molar-refractivity contribution in [3.05, 3.63) is 65.7 Å². The van der Waals surface area contributed by atoms with E-state index >= 15 is 0 Å². The number of nitrogens with one attached hydrogen (secondary N) is 1. The third kappa shape index (κ3) is 3.14. The van der Waals surface area contributed by atoms with E-state index in [-0.39, 0.29) is 10.8 Å². The van der Waals surface area contributed by atoms with Crippen LogP contribution in [0.1, 0.15) is 29.9 Å². The molecule has 6 heteroatoms. The average molecular weight is 344 g/mol. The van der Waals surface area contributed by atoms with Crippen LogP contribution in [0.25, 0.3) is 0 Å². The Morgan fingerprint density at radius 3 is 2.46 bits per heavy atom. The molecule has 2 aromatic rings. The molecule has 2 amide bonds. The van der Waals surface area contributed by atoms with E-state index in [1.54, 1.807) is 30.3 Å². The lowest BCUT2D eigenvalue weighted by molar-refractivity contribution is 0.246. The van der Waals surface area contributed by atoms with Crippen LogP contribution in [-0.4, -0.2) is 19.8 Å². The van der Waals surface area contributed by atoms with Gasteiger partial charge in [-0.2, -0.15) is 0 Å². The van der Waals surface area contributed by atoms with Crippen molar-refractivity contribution in [2.75, 3.05) is 0 Å². The van der Waals surface area contributed by atoms with E-state index in [1.807, 2.05) is 24.3 Å². The predicted octanol–water partition coefficient (Wildman–Crippen LogP) is 2.57. The van der Waals surface area contributed by atoms with Crippen molar-refractivity contribution in [3.63, 3.8) is 0 Å². The molecule has 126 valence electrons. The molecule has 3 rings (SSSR count). The molecule has 0 aliphatic heterocycles. The second-order valence-electron chi connectivity index (χ2n) is 5.98. The maximum atomic E-state index is 13.1. The van der Waals surface area contributed by atoms with E-state index in [9.17, 15) is 13.2 Å². The number of hydrogen-bond acceptors (Lipinski definition) is 3. The van der Waals surface area contributed by atoms with Gasteiger partial charge in [0, 0.05) is 5.92 Å². The maximum absolute atomic E-state index is 13.1. The zero-order valence-electron chi connectivity index (χ0n) is 13.2. The number of carbonyl (C=O) groups is 1. The van der Waals surface area contributed by atoms with E-state index in [0.717, 1.165) is 24.0 Å². The van der Waals surface area contributed by atoms with E-state index < -0.39 is 21.2 Å². The number of fused-ring (bicyclic) bond motifs is 1. The van der Waals surface area contributed by atoms with Gasteiger partial charge in [-0.1, -0.05) is 42.5 Å². The first-order valence-electron chi connectivity index (χ1n) is 7.93. The Kier molecular flexibility index (Phi) is 4.57. The molecule has 2 atom stereocenters. The summed E-state index contributed by atoms with van der Waals surface area (Å²) in [7, 11) is -3.75. The number of carbonyl (C=O) groups excluding carboxylic acids is 1. The van der Waals surface area contributed by atoms with Gasteiger partial charge in [0.1, 0.15) is 5.37 Å². The highest BCUT2D eigenvalue weighted by molar-refractivity contribution is 7.92. The maximum Gasteiger partial charge on any atom is 0.313 e. The molecule has 0 spiro atoms. The topological polar surface area (TPSA) is 89.3 Å². The van der Waals surface area contributed by atoms with Crippen molar-refractivity contribution in [3.8, 4) is 0 Å². The van der Waals surface area contributed by atoms with Crippen LogP contribution in [0.4, 0.5) is 4.79 Å². The molecule has 0 aromatic heterocycles. The summed E-state index contributed by atoms with van der Waals surface area (Å²) < 4.78 is 26.2. The molecule has 24 heavy (non-hydrogen) atoms. The van der Waals surface area contributed by atoms with Gasteiger partial charge in [-0.15, -0.1) is 0 Å². The lowest BCUT2D eigenvalue weighted by Gasteiger charge is -2.32. The van der Waals surface area contributed by atoms with Crippen molar-refractivity contribution >= 4 is 15.9 Å². The van der Waals surface area contributed by atoms with Gasteiger partial charge in [0.15, 0.2) is 9.84 Å². The van der Waals surface area contributed by atoms with Crippen LogP contribution < -0.4 is 11.1 Å². The quantitative estimate of drug-likeness (QED) is 0.893. The summed E-state index contributed by atoms with van der Waals surface area (Å²) >= 11 is 0. The third-order valence-electron chi connectivity index (χ3n) is 4.47. The number of urea groups is 1. The van der Waals surface area contributed by atoms with E-state index in [4.69, 9.17) is 5.73 Å². The van der Waals surface area contributed by atoms with Crippen LogP contribution in [0.5, 0.6) is 0 Å². The number of sulfone groups is 1. The standard InChI is InChI=1S/C18H20N2O3S/c19-18(21)20-17(24(22,23)14-9-2-1-3-10-14)16-12-6-8-13-7-4-5-11-15(13)16/h1-5,7,9-11,16-17H,6,8,12H2,(H3,19,20,21). The molecular formula is C18H20N2O3S. The van der Waals surface area contributed by atoms with Crippen molar-refractivity contribution in [1.82, 2.24) is 5.32 Å². The van der Waals surface area contributed by atoms with Crippen LogP contribution in [0.2, 0.25) is 0 Å². The fourth-order valence-electron chi connectivity index (χ4n) is 3.40. The molecule has 1 aliphatic carbocycles. The van der Waals surface area contributed by atoms with Crippen molar-refractivity contribution in [2.24, 2.45) is 5.73 Å². The van der Waals surface area contributed by atoms with Crippen LogP contribution in [-0.2, 0) is 16.3 Å². The predicted molar refractivity (Wildman–Crippen MR) is 92.3 cm³/mol. The molecule has 0 saturated heterocycles. The highest BCUT2D eigenvalue weighted by Crippen LogP contribution is 2.37. The lowest BCUT2D eigenvalue weighted by Crippen LogP contribution is -2.47. The first kappa shape index (κ1) is 16.5. The minimum Gasteiger partial charge on any atom is -0.352 e. The van der Waals surface area contributed by atoms with Gasteiger partial charge in [0.2, 0.25) is 0 Å². The zero-order valence-corrected chi connectivity index (χ0v) is 14.0. The minimum atomic E-state index is -3.75. The number of nitrogens with two attached hydrogens (primary N) is 1. The molecule has 3 N–H and O–H groups in total. The van der Waals surface area contributed by atoms with E-state index in [2.05, 4.69) is 5.32 Å². The van der Waals surface area contributed by atoms with Crippen LogP contribution in [0, 0.1) is 0 Å². The Balaban J connectivity index is 2.07. The van der Waals surface area contributed by atoms with Gasteiger partial charge in [-0.3, -0.25) is 0 Å². The summed E-state index contributed by atoms with van der Waals surface area (Å²) in [5.74, 6) is -0.312. The summed E-state index contributed by atoms with van der Waals surface area (Å²) in [6.07, 6.45) is 2.48. The van der Waals surface area contributed by atoms with Crippen LogP contribution in [0.3, 0.4) is 0 Å². The second kappa shape index (κ2) is 6.65. The van der Waals surface area contributed by atoms with Gasteiger partial charge in [0.05, 0.1) is 4.90 Å². The van der Waals surface area contributed by atoms with Gasteiger partial charge in [-0.25, -0.2) is 13.2 Å². The fraction of sp³-hybridized carbons (Fsp3) is 0.278. The lowest BCUT2D eigenvalue weighted by atomic mass is 9.82. The smallest absolute Gasteiger partial charge is 0.313 e. The van der Waals surface area contributed by atoms with E-state index in [0.29, 0.717) is 6.42 Å². The van der Waals surface area contributed by atoms with Gasteiger partial charge in [0.25, 0.3) is 0 Å². The summed E-state index contributed by atoms with van der Waals surface area (Å²) in [5.41, 5.74) is 7.39. The van der Waals surface area contributed by atoms with Gasteiger partial charge in [-0.05, 0) is 42.5 Å². The summed E-state index contributed by atoms with van der Waals surface area (Å²) in [6.45, 7) is 0. The average Bonchev–Trinajstić information content (AvgIpc) is 2.60. The Morgan fingerprint density at radius 1 is 1.08 bits per heavy atom. The Morgan fingerprint density at radius 2 is 1.75 bits per heavy atom.